The maximum atomic E-state index is 5.86. The zero-order chi connectivity index (χ0) is 15.2. The molecule has 4 nitrogen and oxygen atoms in total. The lowest BCUT2D eigenvalue weighted by molar-refractivity contribution is 0.266. The van der Waals surface area contributed by atoms with Gasteiger partial charge in [0.05, 0.1) is 11.2 Å². The predicted molar refractivity (Wildman–Crippen MR) is 83.6 cm³/mol. The number of pyridine rings is 1. The second kappa shape index (κ2) is 7.48. The first kappa shape index (κ1) is 15.9. The highest BCUT2D eigenvalue weighted by atomic mass is 35.5. The van der Waals surface area contributed by atoms with Gasteiger partial charge < -0.3 is 14.5 Å². The van der Waals surface area contributed by atoms with Gasteiger partial charge in [0.15, 0.2) is 0 Å². The van der Waals surface area contributed by atoms with Crippen LogP contribution in [0.4, 0.5) is 0 Å². The maximum absolute atomic E-state index is 5.86. The third kappa shape index (κ3) is 5.06. The summed E-state index contributed by atoms with van der Waals surface area (Å²) < 4.78 is 11.3. The SMILES string of the molecule is Cc1oc(COc2cncc(Cl)c2)cc1CNCC(C)C. The first-order chi connectivity index (χ1) is 10.0. The van der Waals surface area contributed by atoms with Gasteiger partial charge in [-0.1, -0.05) is 25.4 Å². The van der Waals surface area contributed by atoms with Crippen LogP contribution in [0, 0.1) is 12.8 Å². The van der Waals surface area contributed by atoms with Crippen molar-refractivity contribution in [3.8, 4) is 5.75 Å². The molecule has 0 bridgehead atoms. The predicted octanol–water partition coefficient (Wildman–Crippen LogP) is 3.96. The van der Waals surface area contributed by atoms with Crippen LogP contribution in [0.2, 0.25) is 5.02 Å². The molecule has 0 saturated heterocycles. The molecule has 0 radical (unpaired) electrons. The van der Waals surface area contributed by atoms with Gasteiger partial charge in [0, 0.05) is 24.4 Å². The lowest BCUT2D eigenvalue weighted by Crippen LogP contribution is -2.18. The Hall–Kier alpha value is -1.52. The van der Waals surface area contributed by atoms with E-state index in [2.05, 4.69) is 24.1 Å². The zero-order valence-electron chi connectivity index (χ0n) is 12.6. The first-order valence-electron chi connectivity index (χ1n) is 7.07. The molecule has 0 aliphatic carbocycles. The van der Waals surface area contributed by atoms with Gasteiger partial charge in [0.1, 0.15) is 23.9 Å². The third-order valence-electron chi connectivity index (χ3n) is 3.00. The van der Waals surface area contributed by atoms with Crippen molar-refractivity contribution >= 4 is 11.6 Å². The van der Waals surface area contributed by atoms with Crippen molar-refractivity contribution in [1.29, 1.82) is 0 Å². The molecule has 0 aromatic carbocycles. The summed E-state index contributed by atoms with van der Waals surface area (Å²) in [4.78, 5) is 3.98. The fourth-order valence-corrected chi connectivity index (χ4v) is 2.12. The fraction of sp³-hybridized carbons (Fsp3) is 0.438. The second-order valence-corrected chi connectivity index (χ2v) is 5.88. The van der Waals surface area contributed by atoms with Gasteiger partial charge in [-0.05, 0) is 25.5 Å². The summed E-state index contributed by atoms with van der Waals surface area (Å²) in [5, 5.41) is 3.97. The highest BCUT2D eigenvalue weighted by Crippen LogP contribution is 2.19. The summed E-state index contributed by atoms with van der Waals surface area (Å²) in [5.74, 6) is 2.99. The molecule has 2 rings (SSSR count). The van der Waals surface area contributed by atoms with E-state index in [9.17, 15) is 0 Å². The maximum Gasteiger partial charge on any atom is 0.146 e. The molecule has 0 spiro atoms. The summed E-state index contributed by atoms with van der Waals surface area (Å²) in [6.07, 6.45) is 3.21. The van der Waals surface area contributed by atoms with Crippen LogP contribution in [0.25, 0.3) is 0 Å². The highest BCUT2D eigenvalue weighted by molar-refractivity contribution is 6.30. The zero-order valence-corrected chi connectivity index (χ0v) is 13.4. The Morgan fingerprint density at radius 1 is 1.33 bits per heavy atom. The van der Waals surface area contributed by atoms with E-state index in [0.717, 1.165) is 24.6 Å². The number of nitrogens with zero attached hydrogens (tertiary/aromatic N) is 1. The molecule has 21 heavy (non-hydrogen) atoms. The molecule has 0 saturated carbocycles. The van der Waals surface area contributed by atoms with Crippen molar-refractivity contribution in [2.45, 2.75) is 33.9 Å². The number of halogens is 1. The molecular formula is C16H21ClN2O2. The van der Waals surface area contributed by atoms with E-state index >= 15 is 0 Å². The van der Waals surface area contributed by atoms with Gasteiger partial charge in [0.2, 0.25) is 0 Å². The Bertz CT molecular complexity index is 581. The quantitative estimate of drug-likeness (QED) is 0.841. The van der Waals surface area contributed by atoms with Gasteiger partial charge in [-0.2, -0.15) is 0 Å². The number of hydrogen-bond acceptors (Lipinski definition) is 4. The monoisotopic (exact) mass is 308 g/mol. The topological polar surface area (TPSA) is 47.3 Å². The van der Waals surface area contributed by atoms with E-state index in [1.165, 1.54) is 5.56 Å². The van der Waals surface area contributed by atoms with E-state index in [4.69, 9.17) is 20.8 Å². The molecule has 0 aliphatic rings. The first-order valence-corrected chi connectivity index (χ1v) is 7.44. The third-order valence-corrected chi connectivity index (χ3v) is 3.21. The van der Waals surface area contributed by atoms with Crippen molar-refractivity contribution in [2.75, 3.05) is 6.54 Å². The minimum Gasteiger partial charge on any atom is -0.484 e. The standard InChI is InChI=1S/C16H21ClN2O2/c1-11(2)6-18-7-13-4-16(21-12(13)3)10-20-15-5-14(17)8-19-9-15/h4-5,8-9,11,18H,6-7,10H2,1-3H3. The summed E-state index contributed by atoms with van der Waals surface area (Å²) in [7, 11) is 0. The van der Waals surface area contributed by atoms with Crippen LogP contribution in [0.15, 0.2) is 28.9 Å². The fourth-order valence-electron chi connectivity index (χ4n) is 1.96. The molecule has 2 aromatic rings. The van der Waals surface area contributed by atoms with Crippen molar-refractivity contribution < 1.29 is 9.15 Å². The molecule has 114 valence electrons. The molecule has 0 aliphatic heterocycles. The smallest absolute Gasteiger partial charge is 0.146 e. The molecule has 0 amide bonds. The van der Waals surface area contributed by atoms with Crippen LogP contribution in [0.1, 0.15) is 30.9 Å². The lowest BCUT2D eigenvalue weighted by atomic mass is 10.2. The Balaban J connectivity index is 1.89. The molecule has 1 N–H and O–H groups in total. The average molecular weight is 309 g/mol. The Morgan fingerprint density at radius 3 is 2.86 bits per heavy atom. The highest BCUT2D eigenvalue weighted by Gasteiger charge is 2.08. The van der Waals surface area contributed by atoms with Crippen LogP contribution < -0.4 is 10.1 Å². The van der Waals surface area contributed by atoms with E-state index in [0.29, 0.717) is 23.3 Å². The number of aromatic nitrogens is 1. The molecule has 0 atom stereocenters. The van der Waals surface area contributed by atoms with Crippen molar-refractivity contribution in [3.63, 3.8) is 0 Å². The summed E-state index contributed by atoms with van der Waals surface area (Å²) >= 11 is 5.86. The van der Waals surface area contributed by atoms with Crippen molar-refractivity contribution in [1.82, 2.24) is 10.3 Å². The number of ether oxygens (including phenoxy) is 1. The number of aryl methyl sites for hydroxylation is 1. The number of furan rings is 1. The largest absolute Gasteiger partial charge is 0.484 e. The van der Waals surface area contributed by atoms with Crippen LogP contribution in [-0.4, -0.2) is 11.5 Å². The minimum absolute atomic E-state index is 0.368. The van der Waals surface area contributed by atoms with E-state index < -0.39 is 0 Å². The molecule has 0 fully saturated rings. The Morgan fingerprint density at radius 2 is 2.14 bits per heavy atom. The van der Waals surface area contributed by atoms with E-state index in [1.54, 1.807) is 18.5 Å². The molecular weight excluding hydrogens is 288 g/mol. The number of hydrogen-bond donors (Lipinski definition) is 1. The summed E-state index contributed by atoms with van der Waals surface area (Å²) in [5.41, 5.74) is 1.17. The minimum atomic E-state index is 0.368. The van der Waals surface area contributed by atoms with Gasteiger partial charge in [0.25, 0.3) is 0 Å². The van der Waals surface area contributed by atoms with Gasteiger partial charge in [-0.25, -0.2) is 0 Å². The second-order valence-electron chi connectivity index (χ2n) is 5.45. The Labute approximate surface area is 130 Å². The van der Waals surface area contributed by atoms with Gasteiger partial charge >= 0.3 is 0 Å². The molecule has 2 heterocycles. The van der Waals surface area contributed by atoms with Gasteiger partial charge in [-0.3, -0.25) is 4.98 Å². The van der Waals surface area contributed by atoms with Crippen LogP contribution in [0.5, 0.6) is 5.75 Å². The van der Waals surface area contributed by atoms with E-state index in [1.807, 2.05) is 13.0 Å². The van der Waals surface area contributed by atoms with Crippen LogP contribution >= 0.6 is 11.6 Å². The summed E-state index contributed by atoms with van der Waals surface area (Å²) in [6, 6.07) is 3.76. The number of nitrogens with one attached hydrogen (secondary N) is 1. The van der Waals surface area contributed by atoms with E-state index in [-0.39, 0.29) is 0 Å². The molecule has 5 heteroatoms. The van der Waals surface area contributed by atoms with Crippen LogP contribution in [0.3, 0.4) is 0 Å². The van der Waals surface area contributed by atoms with Gasteiger partial charge in [-0.15, -0.1) is 0 Å². The lowest BCUT2D eigenvalue weighted by Gasteiger charge is -2.05. The van der Waals surface area contributed by atoms with Crippen molar-refractivity contribution in [3.05, 3.63) is 46.6 Å². The molecule has 2 aromatic heterocycles. The van der Waals surface area contributed by atoms with Crippen LogP contribution in [-0.2, 0) is 13.2 Å². The van der Waals surface area contributed by atoms with Crippen molar-refractivity contribution in [2.24, 2.45) is 5.92 Å². The normalized spacial score (nSPS) is 11.1. The number of rotatable bonds is 7. The summed E-state index contributed by atoms with van der Waals surface area (Å²) in [6.45, 7) is 8.52. The Kier molecular flexibility index (Phi) is 5.65. The molecule has 0 unspecified atom stereocenters. The average Bonchev–Trinajstić information content (AvgIpc) is 2.77.